The number of amides is 1. The molecule has 0 aliphatic heterocycles. The second-order valence-electron chi connectivity index (χ2n) is 5.79. The normalized spacial score (nSPS) is 11.2. The van der Waals surface area contributed by atoms with E-state index in [1.807, 2.05) is 13.8 Å². The maximum atomic E-state index is 12.5. The summed E-state index contributed by atoms with van der Waals surface area (Å²) in [6, 6.07) is 5.83. The summed E-state index contributed by atoms with van der Waals surface area (Å²) in [6.07, 6.45) is 2.63. The fourth-order valence-electron chi connectivity index (χ4n) is 2.47. The maximum Gasteiger partial charge on any atom is 0.270 e. The van der Waals surface area contributed by atoms with Crippen LogP contribution in [0.2, 0.25) is 0 Å². The van der Waals surface area contributed by atoms with Crippen molar-refractivity contribution in [2.75, 3.05) is 0 Å². The fraction of sp³-hybridized carbons (Fsp3) is 0.176. The lowest BCUT2D eigenvalue weighted by atomic mass is 10.2. The molecule has 9 nitrogen and oxygen atoms in total. The Morgan fingerprint density at radius 3 is 2.96 bits per heavy atom. The van der Waals surface area contributed by atoms with Crippen LogP contribution in [-0.4, -0.2) is 26.6 Å². The average molecular weight is 385 g/mol. The Kier molecular flexibility index (Phi) is 5.08. The Morgan fingerprint density at radius 1 is 1.44 bits per heavy atom. The zero-order valence-electron chi connectivity index (χ0n) is 14.5. The standard InChI is InChI=1S/C17H15N5O4S/c1-10-11(2)27-16-15(10)17(24)21(9-18-16)8-14(23)20-19-7-12-4-3-5-13(6-12)22(25)26/h3-7,9H,8H2,1-2H3,(H,20,23)/b19-7+. The van der Waals surface area contributed by atoms with Crippen LogP contribution in [0.1, 0.15) is 16.0 Å². The van der Waals surface area contributed by atoms with Gasteiger partial charge in [-0.3, -0.25) is 24.3 Å². The molecule has 0 saturated carbocycles. The average Bonchev–Trinajstić information content (AvgIpc) is 2.92. The molecule has 1 N–H and O–H groups in total. The highest BCUT2D eigenvalue weighted by Crippen LogP contribution is 2.25. The molecule has 2 heterocycles. The zero-order chi connectivity index (χ0) is 19.6. The smallest absolute Gasteiger partial charge is 0.270 e. The first-order valence-electron chi connectivity index (χ1n) is 7.88. The predicted molar refractivity (Wildman–Crippen MR) is 102 cm³/mol. The van der Waals surface area contributed by atoms with E-state index in [1.54, 1.807) is 6.07 Å². The molecule has 0 unspecified atom stereocenters. The minimum absolute atomic E-state index is 0.0716. The molecule has 2 aromatic heterocycles. The molecule has 27 heavy (non-hydrogen) atoms. The number of nitrogens with zero attached hydrogens (tertiary/aromatic N) is 4. The third-order valence-corrected chi connectivity index (χ3v) is 5.07. The van der Waals surface area contributed by atoms with Gasteiger partial charge in [-0.15, -0.1) is 11.3 Å². The lowest BCUT2D eigenvalue weighted by Gasteiger charge is -2.04. The van der Waals surface area contributed by atoms with Gasteiger partial charge in [0.05, 0.1) is 22.9 Å². The van der Waals surface area contributed by atoms with Crippen molar-refractivity contribution in [1.29, 1.82) is 0 Å². The number of hydrazone groups is 1. The van der Waals surface area contributed by atoms with Crippen LogP contribution in [0.25, 0.3) is 10.2 Å². The van der Waals surface area contributed by atoms with Gasteiger partial charge in [0.1, 0.15) is 11.4 Å². The van der Waals surface area contributed by atoms with Gasteiger partial charge in [0, 0.05) is 22.6 Å². The van der Waals surface area contributed by atoms with E-state index in [4.69, 9.17) is 0 Å². The van der Waals surface area contributed by atoms with Gasteiger partial charge in [-0.05, 0) is 19.4 Å². The number of fused-ring (bicyclic) bond motifs is 1. The molecular formula is C17H15N5O4S. The van der Waals surface area contributed by atoms with E-state index < -0.39 is 10.8 Å². The minimum Gasteiger partial charge on any atom is -0.289 e. The first-order chi connectivity index (χ1) is 12.9. The largest absolute Gasteiger partial charge is 0.289 e. The van der Waals surface area contributed by atoms with Crippen molar-refractivity contribution in [2.45, 2.75) is 20.4 Å². The summed E-state index contributed by atoms with van der Waals surface area (Å²) in [6.45, 7) is 3.54. The number of aryl methyl sites for hydroxylation is 2. The molecule has 1 aromatic carbocycles. The SMILES string of the molecule is Cc1sc2ncn(CC(=O)N/N=C/c3cccc([N+](=O)[O-])c3)c(=O)c2c1C. The molecular weight excluding hydrogens is 370 g/mol. The number of hydrogen-bond acceptors (Lipinski definition) is 7. The van der Waals surface area contributed by atoms with Crippen LogP contribution in [-0.2, 0) is 11.3 Å². The number of non-ortho nitro benzene ring substituents is 1. The van der Waals surface area contributed by atoms with E-state index >= 15 is 0 Å². The van der Waals surface area contributed by atoms with Gasteiger partial charge in [-0.1, -0.05) is 12.1 Å². The first-order valence-corrected chi connectivity index (χ1v) is 8.70. The Morgan fingerprint density at radius 2 is 2.22 bits per heavy atom. The third kappa shape index (κ3) is 3.90. The van der Waals surface area contributed by atoms with Crippen LogP contribution in [0, 0.1) is 24.0 Å². The second-order valence-corrected chi connectivity index (χ2v) is 6.99. The quantitative estimate of drug-likeness (QED) is 0.410. The van der Waals surface area contributed by atoms with Gasteiger partial charge in [0.2, 0.25) is 0 Å². The van der Waals surface area contributed by atoms with Gasteiger partial charge in [-0.25, -0.2) is 10.4 Å². The number of nitrogens with one attached hydrogen (secondary N) is 1. The van der Waals surface area contributed by atoms with Crippen molar-refractivity contribution in [1.82, 2.24) is 15.0 Å². The highest BCUT2D eigenvalue weighted by molar-refractivity contribution is 7.18. The summed E-state index contributed by atoms with van der Waals surface area (Å²) < 4.78 is 1.22. The summed E-state index contributed by atoms with van der Waals surface area (Å²) in [4.78, 5) is 40.7. The van der Waals surface area contributed by atoms with E-state index in [1.165, 1.54) is 46.6 Å². The van der Waals surface area contributed by atoms with E-state index in [9.17, 15) is 19.7 Å². The van der Waals surface area contributed by atoms with E-state index in [-0.39, 0.29) is 17.8 Å². The lowest BCUT2D eigenvalue weighted by Crippen LogP contribution is -2.30. The van der Waals surface area contributed by atoms with E-state index in [0.29, 0.717) is 15.8 Å². The Labute approximate surface area is 157 Å². The Hall–Kier alpha value is -3.40. The number of benzene rings is 1. The molecule has 0 aliphatic rings. The molecule has 1 amide bonds. The molecule has 0 fully saturated rings. The summed E-state index contributed by atoms with van der Waals surface area (Å²) in [5.41, 5.74) is 3.28. The van der Waals surface area contributed by atoms with Crippen molar-refractivity contribution in [3.05, 3.63) is 67.1 Å². The van der Waals surface area contributed by atoms with Crippen LogP contribution >= 0.6 is 11.3 Å². The van der Waals surface area contributed by atoms with Crippen LogP contribution in [0.15, 0.2) is 40.5 Å². The molecule has 0 aliphatic carbocycles. The molecule has 0 atom stereocenters. The molecule has 0 radical (unpaired) electrons. The number of nitro groups is 1. The van der Waals surface area contributed by atoms with Crippen LogP contribution < -0.4 is 11.0 Å². The second kappa shape index (κ2) is 7.46. The van der Waals surface area contributed by atoms with Crippen molar-refractivity contribution in [2.24, 2.45) is 5.10 Å². The molecule has 0 saturated heterocycles. The number of hydrogen-bond donors (Lipinski definition) is 1. The fourth-order valence-corrected chi connectivity index (χ4v) is 3.46. The first kappa shape index (κ1) is 18.4. The number of rotatable bonds is 5. The van der Waals surface area contributed by atoms with E-state index in [2.05, 4.69) is 15.5 Å². The van der Waals surface area contributed by atoms with Gasteiger partial charge < -0.3 is 0 Å². The van der Waals surface area contributed by atoms with Crippen LogP contribution in [0.3, 0.4) is 0 Å². The van der Waals surface area contributed by atoms with Gasteiger partial charge >= 0.3 is 0 Å². The Bertz CT molecular complexity index is 1130. The van der Waals surface area contributed by atoms with Crippen molar-refractivity contribution in [3.63, 3.8) is 0 Å². The third-order valence-electron chi connectivity index (χ3n) is 3.95. The number of carbonyl (C=O) groups excluding carboxylic acids is 1. The van der Waals surface area contributed by atoms with Crippen LogP contribution in [0.4, 0.5) is 5.69 Å². The molecule has 0 spiro atoms. The summed E-state index contributed by atoms with van der Waals surface area (Å²) >= 11 is 1.44. The summed E-state index contributed by atoms with van der Waals surface area (Å²) in [5.74, 6) is -0.510. The van der Waals surface area contributed by atoms with Gasteiger partial charge in [0.25, 0.3) is 17.2 Å². The number of nitro benzene ring substituents is 1. The zero-order valence-corrected chi connectivity index (χ0v) is 15.3. The Balaban J connectivity index is 1.71. The van der Waals surface area contributed by atoms with Crippen molar-refractivity contribution >= 4 is 39.4 Å². The van der Waals surface area contributed by atoms with Crippen molar-refractivity contribution in [3.8, 4) is 0 Å². The summed E-state index contributed by atoms with van der Waals surface area (Å²) in [7, 11) is 0. The van der Waals surface area contributed by atoms with Crippen LogP contribution in [0.5, 0.6) is 0 Å². The highest BCUT2D eigenvalue weighted by Gasteiger charge is 2.13. The number of carbonyl (C=O) groups is 1. The molecule has 10 heteroatoms. The number of aromatic nitrogens is 2. The number of thiophene rings is 1. The van der Waals surface area contributed by atoms with Crippen molar-refractivity contribution < 1.29 is 9.72 Å². The molecule has 3 rings (SSSR count). The summed E-state index contributed by atoms with van der Waals surface area (Å²) in [5, 5.41) is 15.0. The lowest BCUT2D eigenvalue weighted by molar-refractivity contribution is -0.384. The maximum absolute atomic E-state index is 12.5. The minimum atomic E-state index is -0.514. The topological polar surface area (TPSA) is 119 Å². The molecule has 138 valence electrons. The highest BCUT2D eigenvalue weighted by atomic mass is 32.1. The molecule has 0 bridgehead atoms. The van der Waals surface area contributed by atoms with Gasteiger partial charge in [-0.2, -0.15) is 5.10 Å². The monoisotopic (exact) mass is 385 g/mol. The van der Waals surface area contributed by atoms with Gasteiger partial charge in [0.15, 0.2) is 0 Å². The molecule has 3 aromatic rings. The predicted octanol–water partition coefficient (Wildman–Crippen LogP) is 2.13. The van der Waals surface area contributed by atoms with E-state index in [0.717, 1.165) is 10.4 Å².